The molecule has 0 nitrogen and oxygen atoms in total. The summed E-state index contributed by atoms with van der Waals surface area (Å²) in [6.45, 7) is 2.29. The second-order valence-corrected chi connectivity index (χ2v) is 9.82. The van der Waals surface area contributed by atoms with E-state index in [0.29, 0.717) is 0 Å². The highest BCUT2D eigenvalue weighted by Gasteiger charge is 2.22. The highest BCUT2D eigenvalue weighted by atomic mass is 19.1. The molecule has 0 spiro atoms. The quantitative estimate of drug-likeness (QED) is 0.282. The fourth-order valence-corrected chi connectivity index (χ4v) is 5.29. The van der Waals surface area contributed by atoms with Crippen molar-refractivity contribution in [1.29, 1.82) is 0 Å². The van der Waals surface area contributed by atoms with Crippen LogP contribution in [0.5, 0.6) is 0 Å². The van der Waals surface area contributed by atoms with Crippen LogP contribution in [0.1, 0.15) is 115 Å². The number of benzene rings is 2. The summed E-state index contributed by atoms with van der Waals surface area (Å²) >= 11 is 0. The van der Waals surface area contributed by atoms with Crippen molar-refractivity contribution in [3.8, 4) is 11.1 Å². The van der Waals surface area contributed by atoms with E-state index < -0.39 is 0 Å². The highest BCUT2D eigenvalue weighted by molar-refractivity contribution is 5.63. The SMILES string of the molecule is CCCCCCCCCCCC[C@H]1CC[C@H](c2ccc(-c3ccc(F)cc3)cc2)CC1. The van der Waals surface area contributed by atoms with Crippen molar-refractivity contribution in [2.24, 2.45) is 5.92 Å². The molecule has 2 aromatic rings. The van der Waals surface area contributed by atoms with E-state index in [4.69, 9.17) is 0 Å². The fourth-order valence-electron chi connectivity index (χ4n) is 5.29. The molecule has 0 aromatic heterocycles. The first-order valence-corrected chi connectivity index (χ1v) is 13.1. The van der Waals surface area contributed by atoms with Crippen LogP contribution in [-0.2, 0) is 0 Å². The van der Waals surface area contributed by atoms with Crippen molar-refractivity contribution >= 4 is 0 Å². The zero-order valence-electron chi connectivity index (χ0n) is 19.8. The van der Waals surface area contributed by atoms with E-state index in [1.54, 1.807) is 12.1 Å². The number of hydrogen-bond acceptors (Lipinski definition) is 0. The number of hydrogen-bond donors (Lipinski definition) is 0. The summed E-state index contributed by atoms with van der Waals surface area (Å²) < 4.78 is 13.1. The zero-order chi connectivity index (χ0) is 21.7. The minimum Gasteiger partial charge on any atom is -0.207 e. The van der Waals surface area contributed by atoms with E-state index in [9.17, 15) is 4.39 Å². The summed E-state index contributed by atoms with van der Waals surface area (Å²) in [5.74, 6) is 1.52. The lowest BCUT2D eigenvalue weighted by molar-refractivity contribution is 0.302. The van der Waals surface area contributed by atoms with Crippen LogP contribution >= 0.6 is 0 Å². The van der Waals surface area contributed by atoms with Gasteiger partial charge in [0.05, 0.1) is 0 Å². The van der Waals surface area contributed by atoms with E-state index in [1.165, 1.54) is 107 Å². The van der Waals surface area contributed by atoms with Gasteiger partial charge in [-0.15, -0.1) is 0 Å². The molecular formula is C30H43F. The summed E-state index contributed by atoms with van der Waals surface area (Å²) in [6, 6.07) is 15.8. The normalized spacial score (nSPS) is 18.9. The zero-order valence-corrected chi connectivity index (χ0v) is 19.8. The van der Waals surface area contributed by atoms with Crippen molar-refractivity contribution < 1.29 is 4.39 Å². The second-order valence-electron chi connectivity index (χ2n) is 9.82. The predicted octanol–water partition coefficient (Wildman–Crippen LogP) is 10.1. The Morgan fingerprint density at radius 1 is 0.613 bits per heavy atom. The van der Waals surface area contributed by atoms with Gasteiger partial charge in [-0.25, -0.2) is 4.39 Å². The Labute approximate surface area is 190 Å². The van der Waals surface area contributed by atoms with Gasteiger partial charge >= 0.3 is 0 Å². The van der Waals surface area contributed by atoms with Gasteiger partial charge in [0, 0.05) is 0 Å². The van der Waals surface area contributed by atoms with E-state index >= 15 is 0 Å². The largest absolute Gasteiger partial charge is 0.207 e. The molecule has 0 saturated heterocycles. The first kappa shape index (κ1) is 24.0. The molecule has 1 heteroatoms. The Balaban J connectivity index is 1.28. The van der Waals surface area contributed by atoms with E-state index in [2.05, 4.69) is 31.2 Å². The lowest BCUT2D eigenvalue weighted by Crippen LogP contribution is -2.13. The van der Waals surface area contributed by atoms with Gasteiger partial charge in [0.2, 0.25) is 0 Å². The van der Waals surface area contributed by atoms with Crippen molar-refractivity contribution in [3.05, 3.63) is 59.9 Å². The van der Waals surface area contributed by atoms with Gasteiger partial charge in [-0.3, -0.25) is 0 Å². The molecule has 1 fully saturated rings. The molecule has 0 amide bonds. The molecule has 3 rings (SSSR count). The topological polar surface area (TPSA) is 0 Å². The van der Waals surface area contributed by atoms with Crippen LogP contribution in [0.3, 0.4) is 0 Å². The third-order valence-corrected chi connectivity index (χ3v) is 7.37. The molecule has 0 heterocycles. The maximum Gasteiger partial charge on any atom is 0.123 e. The Kier molecular flexibility index (Phi) is 10.6. The van der Waals surface area contributed by atoms with Crippen LogP contribution in [0.4, 0.5) is 4.39 Å². The maximum atomic E-state index is 13.1. The van der Waals surface area contributed by atoms with E-state index in [-0.39, 0.29) is 5.82 Å². The summed E-state index contributed by atoms with van der Waals surface area (Å²) in [7, 11) is 0. The highest BCUT2D eigenvalue weighted by Crippen LogP contribution is 2.38. The van der Waals surface area contributed by atoms with Gasteiger partial charge in [-0.2, -0.15) is 0 Å². The molecule has 1 aliphatic rings. The van der Waals surface area contributed by atoms with Crippen molar-refractivity contribution in [2.45, 2.75) is 109 Å². The average molecular weight is 423 g/mol. The molecule has 1 saturated carbocycles. The number of unbranched alkanes of at least 4 members (excludes halogenated alkanes) is 9. The summed E-state index contributed by atoms with van der Waals surface area (Å²) in [4.78, 5) is 0. The second kappa shape index (κ2) is 13.7. The molecular weight excluding hydrogens is 379 g/mol. The summed E-state index contributed by atoms with van der Waals surface area (Å²) in [6.07, 6.45) is 21.3. The Hall–Kier alpha value is -1.63. The third kappa shape index (κ3) is 8.43. The monoisotopic (exact) mass is 422 g/mol. The van der Waals surface area contributed by atoms with Crippen LogP contribution < -0.4 is 0 Å². The molecule has 0 aliphatic heterocycles. The van der Waals surface area contributed by atoms with Crippen molar-refractivity contribution in [1.82, 2.24) is 0 Å². The molecule has 0 N–H and O–H groups in total. The Morgan fingerprint density at radius 3 is 1.65 bits per heavy atom. The van der Waals surface area contributed by atoms with Crippen molar-refractivity contribution in [3.63, 3.8) is 0 Å². The molecule has 31 heavy (non-hydrogen) atoms. The third-order valence-electron chi connectivity index (χ3n) is 7.37. The van der Waals surface area contributed by atoms with Gasteiger partial charge < -0.3 is 0 Å². The molecule has 0 unspecified atom stereocenters. The van der Waals surface area contributed by atoms with Gasteiger partial charge in [-0.05, 0) is 66.3 Å². The predicted molar refractivity (Wildman–Crippen MR) is 133 cm³/mol. The lowest BCUT2D eigenvalue weighted by atomic mass is 9.77. The first-order valence-electron chi connectivity index (χ1n) is 13.1. The van der Waals surface area contributed by atoms with Gasteiger partial charge in [0.15, 0.2) is 0 Å². The van der Waals surface area contributed by atoms with Crippen LogP contribution in [0.15, 0.2) is 48.5 Å². The van der Waals surface area contributed by atoms with E-state index in [1.807, 2.05) is 12.1 Å². The van der Waals surface area contributed by atoms with Gasteiger partial charge in [0.1, 0.15) is 5.82 Å². The van der Waals surface area contributed by atoms with Crippen LogP contribution in [0, 0.1) is 11.7 Å². The number of halogens is 1. The Bertz CT molecular complexity index is 707. The van der Waals surface area contributed by atoms with E-state index in [0.717, 1.165) is 17.4 Å². The van der Waals surface area contributed by atoms with Crippen LogP contribution in [0.25, 0.3) is 11.1 Å². The minimum absolute atomic E-state index is 0.171. The molecule has 0 bridgehead atoms. The first-order chi connectivity index (χ1) is 15.3. The molecule has 0 radical (unpaired) electrons. The molecule has 1 aliphatic carbocycles. The summed E-state index contributed by atoms with van der Waals surface area (Å²) in [5, 5.41) is 0. The molecule has 2 aromatic carbocycles. The lowest BCUT2D eigenvalue weighted by Gasteiger charge is -2.29. The fraction of sp³-hybridized carbons (Fsp3) is 0.600. The van der Waals surface area contributed by atoms with Gasteiger partial charge in [-0.1, -0.05) is 114 Å². The van der Waals surface area contributed by atoms with Crippen LogP contribution in [-0.4, -0.2) is 0 Å². The molecule has 0 atom stereocenters. The average Bonchev–Trinajstić information content (AvgIpc) is 2.81. The van der Waals surface area contributed by atoms with Crippen molar-refractivity contribution in [2.75, 3.05) is 0 Å². The summed E-state index contributed by atoms with van der Waals surface area (Å²) in [5.41, 5.74) is 3.76. The minimum atomic E-state index is -0.171. The van der Waals surface area contributed by atoms with Crippen LogP contribution in [0.2, 0.25) is 0 Å². The molecule has 170 valence electrons. The maximum absolute atomic E-state index is 13.1. The smallest absolute Gasteiger partial charge is 0.123 e. The van der Waals surface area contributed by atoms with Gasteiger partial charge in [0.25, 0.3) is 0 Å². The standard InChI is InChI=1S/C30H43F/c1-2-3-4-5-6-7-8-9-10-11-12-25-13-15-26(16-14-25)27-17-19-28(20-18-27)29-21-23-30(31)24-22-29/h17-26H,2-16H2,1H3/t25-,26-. The number of rotatable bonds is 13. The Morgan fingerprint density at radius 2 is 1.10 bits per heavy atom.